The molecule has 84 valence electrons. The summed E-state index contributed by atoms with van der Waals surface area (Å²) in [6.07, 6.45) is -4.28. The average Bonchev–Trinajstić information content (AvgIpc) is 2.26. The highest BCUT2D eigenvalue weighted by Crippen LogP contribution is 2.31. The fourth-order valence-electron chi connectivity index (χ4n) is 1.57. The molecule has 2 aromatic rings. The van der Waals surface area contributed by atoms with E-state index in [1.807, 2.05) is 6.07 Å². The first-order valence-corrected chi connectivity index (χ1v) is 5.35. The van der Waals surface area contributed by atoms with Crippen LogP contribution in [0.4, 0.5) is 13.2 Å². The third-order valence-corrected chi connectivity index (χ3v) is 2.78. The van der Waals surface area contributed by atoms with Crippen LogP contribution in [0, 0.1) is 0 Å². The smallest absolute Gasteiger partial charge is 0.175 e. The second kappa shape index (κ2) is 4.01. The summed E-state index contributed by atoms with van der Waals surface area (Å²) >= 11 is 4.12. The summed E-state index contributed by atoms with van der Waals surface area (Å²) in [6.45, 7) is 0. The second-order valence-corrected chi connectivity index (χ2v) is 3.87. The lowest BCUT2D eigenvalue weighted by molar-refractivity contribution is -0.137. The van der Waals surface area contributed by atoms with Crippen molar-refractivity contribution in [2.45, 2.75) is 11.9 Å². The molecular formula is C12H9F3S. The molecule has 4 heteroatoms. The summed E-state index contributed by atoms with van der Waals surface area (Å²) in [5.74, 6) is 0.580. The van der Waals surface area contributed by atoms with E-state index >= 15 is 0 Å². The standard InChI is InChI=1S/C12H9F3S/c13-12(14,15)11-4-3-9-5-8(7-16)1-2-10(9)6-11/h1-6,16H,7H2. The van der Waals surface area contributed by atoms with Gasteiger partial charge < -0.3 is 0 Å². The average molecular weight is 242 g/mol. The topological polar surface area (TPSA) is 0 Å². The van der Waals surface area contributed by atoms with Gasteiger partial charge in [0.1, 0.15) is 0 Å². The highest BCUT2D eigenvalue weighted by atomic mass is 32.1. The maximum atomic E-state index is 12.4. The Morgan fingerprint density at radius 3 is 2.19 bits per heavy atom. The van der Waals surface area contributed by atoms with Crippen molar-refractivity contribution < 1.29 is 13.2 Å². The van der Waals surface area contributed by atoms with Gasteiger partial charge in [-0.25, -0.2) is 0 Å². The first-order chi connectivity index (χ1) is 7.50. The van der Waals surface area contributed by atoms with Gasteiger partial charge in [-0.2, -0.15) is 25.8 Å². The summed E-state index contributed by atoms with van der Waals surface area (Å²) in [4.78, 5) is 0. The fraction of sp³-hybridized carbons (Fsp3) is 0.167. The molecule has 0 radical (unpaired) electrons. The summed E-state index contributed by atoms with van der Waals surface area (Å²) in [5, 5.41) is 1.40. The van der Waals surface area contributed by atoms with E-state index in [2.05, 4.69) is 12.6 Å². The third-order valence-electron chi connectivity index (χ3n) is 2.41. The van der Waals surface area contributed by atoms with Crippen LogP contribution >= 0.6 is 12.6 Å². The van der Waals surface area contributed by atoms with Crippen LogP contribution in [-0.2, 0) is 11.9 Å². The number of thiol groups is 1. The molecular weight excluding hydrogens is 233 g/mol. The predicted octanol–water partition coefficient (Wildman–Crippen LogP) is 4.29. The van der Waals surface area contributed by atoms with Crippen LogP contribution in [0.3, 0.4) is 0 Å². The number of rotatable bonds is 1. The summed E-state index contributed by atoms with van der Waals surface area (Å²) < 4.78 is 37.3. The van der Waals surface area contributed by atoms with Crippen LogP contribution in [0.15, 0.2) is 36.4 Å². The van der Waals surface area contributed by atoms with E-state index in [0.29, 0.717) is 11.1 Å². The molecule has 0 saturated carbocycles. The first kappa shape index (κ1) is 11.3. The van der Waals surface area contributed by atoms with Crippen LogP contribution in [-0.4, -0.2) is 0 Å². The molecule has 0 atom stereocenters. The van der Waals surface area contributed by atoms with Gasteiger partial charge in [0.2, 0.25) is 0 Å². The van der Waals surface area contributed by atoms with Gasteiger partial charge in [-0.15, -0.1) is 0 Å². The minimum atomic E-state index is -4.28. The van der Waals surface area contributed by atoms with Crippen molar-refractivity contribution in [1.82, 2.24) is 0 Å². The maximum absolute atomic E-state index is 12.4. The van der Waals surface area contributed by atoms with Crippen molar-refractivity contribution in [2.24, 2.45) is 0 Å². The van der Waals surface area contributed by atoms with Crippen LogP contribution in [0.1, 0.15) is 11.1 Å². The van der Waals surface area contributed by atoms with Crippen molar-refractivity contribution in [3.8, 4) is 0 Å². The molecule has 2 rings (SSSR count). The monoisotopic (exact) mass is 242 g/mol. The third kappa shape index (κ3) is 2.16. The van der Waals surface area contributed by atoms with E-state index in [4.69, 9.17) is 0 Å². The van der Waals surface area contributed by atoms with E-state index in [1.165, 1.54) is 6.07 Å². The SMILES string of the molecule is FC(F)(F)c1ccc2cc(CS)ccc2c1. The molecule has 0 bridgehead atoms. The van der Waals surface area contributed by atoms with Crippen LogP contribution < -0.4 is 0 Å². The van der Waals surface area contributed by atoms with Gasteiger partial charge in [-0.3, -0.25) is 0 Å². The number of benzene rings is 2. The molecule has 0 heterocycles. The van der Waals surface area contributed by atoms with E-state index in [9.17, 15) is 13.2 Å². The minimum absolute atomic E-state index is 0.580. The molecule has 0 aliphatic rings. The maximum Gasteiger partial charge on any atom is 0.416 e. The molecule has 0 aromatic heterocycles. The number of halogens is 3. The normalized spacial score (nSPS) is 12.0. The van der Waals surface area contributed by atoms with E-state index in [-0.39, 0.29) is 0 Å². The zero-order valence-corrected chi connectivity index (χ0v) is 9.15. The highest BCUT2D eigenvalue weighted by Gasteiger charge is 2.30. The van der Waals surface area contributed by atoms with Gasteiger partial charge in [0.15, 0.2) is 0 Å². The highest BCUT2D eigenvalue weighted by molar-refractivity contribution is 7.79. The molecule has 0 saturated heterocycles. The quantitative estimate of drug-likeness (QED) is 0.708. The predicted molar refractivity (Wildman–Crippen MR) is 61.6 cm³/mol. The molecule has 0 amide bonds. The van der Waals surface area contributed by atoms with Gasteiger partial charge >= 0.3 is 6.18 Å². The molecule has 0 N–H and O–H groups in total. The Balaban J connectivity index is 2.56. The molecule has 0 aliphatic carbocycles. The van der Waals surface area contributed by atoms with Gasteiger partial charge in [0.25, 0.3) is 0 Å². The molecule has 0 aliphatic heterocycles. The van der Waals surface area contributed by atoms with Crippen LogP contribution in [0.5, 0.6) is 0 Å². The lowest BCUT2D eigenvalue weighted by atomic mass is 10.0. The second-order valence-electron chi connectivity index (χ2n) is 3.55. The fourth-order valence-corrected chi connectivity index (χ4v) is 1.77. The summed E-state index contributed by atoms with van der Waals surface area (Å²) in [7, 11) is 0. The molecule has 2 aromatic carbocycles. The molecule has 16 heavy (non-hydrogen) atoms. The minimum Gasteiger partial charge on any atom is -0.175 e. The van der Waals surface area contributed by atoms with Gasteiger partial charge in [-0.05, 0) is 28.5 Å². The zero-order chi connectivity index (χ0) is 11.8. The van der Waals surface area contributed by atoms with Crippen molar-refractivity contribution in [3.63, 3.8) is 0 Å². The molecule has 0 nitrogen and oxygen atoms in total. The van der Waals surface area contributed by atoms with Gasteiger partial charge in [0.05, 0.1) is 5.56 Å². The lowest BCUT2D eigenvalue weighted by Crippen LogP contribution is -2.04. The van der Waals surface area contributed by atoms with Crippen LogP contribution in [0.25, 0.3) is 10.8 Å². The van der Waals surface area contributed by atoms with Crippen molar-refractivity contribution in [3.05, 3.63) is 47.5 Å². The van der Waals surface area contributed by atoms with Gasteiger partial charge in [0, 0.05) is 5.75 Å². The molecule has 0 unspecified atom stereocenters. The van der Waals surface area contributed by atoms with E-state index in [1.54, 1.807) is 12.1 Å². The summed E-state index contributed by atoms with van der Waals surface area (Å²) in [6, 6.07) is 9.08. The number of hydrogen-bond donors (Lipinski definition) is 1. The zero-order valence-electron chi connectivity index (χ0n) is 8.25. The van der Waals surface area contributed by atoms with E-state index < -0.39 is 11.7 Å². The first-order valence-electron chi connectivity index (χ1n) is 4.71. The molecule has 0 spiro atoms. The summed E-state index contributed by atoms with van der Waals surface area (Å²) in [5.41, 5.74) is 0.384. The number of alkyl halides is 3. The van der Waals surface area contributed by atoms with Crippen molar-refractivity contribution >= 4 is 23.4 Å². The lowest BCUT2D eigenvalue weighted by Gasteiger charge is -2.08. The Kier molecular flexibility index (Phi) is 2.84. The number of hydrogen-bond acceptors (Lipinski definition) is 1. The largest absolute Gasteiger partial charge is 0.416 e. The number of fused-ring (bicyclic) bond motifs is 1. The van der Waals surface area contributed by atoms with Crippen molar-refractivity contribution in [2.75, 3.05) is 0 Å². The van der Waals surface area contributed by atoms with E-state index in [0.717, 1.165) is 23.1 Å². The molecule has 0 fully saturated rings. The Morgan fingerprint density at radius 1 is 0.938 bits per heavy atom. The Hall–Kier alpha value is -1.16. The Bertz CT molecular complexity index is 517. The Morgan fingerprint density at radius 2 is 1.56 bits per heavy atom. The van der Waals surface area contributed by atoms with Crippen molar-refractivity contribution in [1.29, 1.82) is 0 Å². The van der Waals surface area contributed by atoms with Gasteiger partial charge in [-0.1, -0.05) is 24.3 Å². The Labute approximate surface area is 96.5 Å². The van der Waals surface area contributed by atoms with Crippen LogP contribution in [0.2, 0.25) is 0 Å².